The van der Waals surface area contributed by atoms with Gasteiger partial charge in [0.15, 0.2) is 11.6 Å². The van der Waals surface area contributed by atoms with E-state index in [0.717, 1.165) is 16.8 Å². The van der Waals surface area contributed by atoms with Gasteiger partial charge in [0.1, 0.15) is 0 Å². The van der Waals surface area contributed by atoms with E-state index in [0.29, 0.717) is 12.5 Å². The Labute approximate surface area is 221 Å². The molecule has 7 nitrogen and oxygen atoms in total. The van der Waals surface area contributed by atoms with E-state index in [1.54, 1.807) is 0 Å². The predicted molar refractivity (Wildman–Crippen MR) is 126 cm³/mol. The maximum absolute atomic E-state index is 14.2. The molecule has 2 aromatic carbocycles. The molecule has 15 heteroatoms. The highest BCUT2D eigenvalue weighted by atomic mass is 35.5. The summed E-state index contributed by atoms with van der Waals surface area (Å²) in [5.41, 5.74) is -2.98. The van der Waals surface area contributed by atoms with Crippen molar-refractivity contribution in [3.05, 3.63) is 74.3 Å². The third kappa shape index (κ3) is 4.92. The zero-order chi connectivity index (χ0) is 28.2. The first kappa shape index (κ1) is 27.7. The minimum atomic E-state index is -4.98. The highest BCUT2D eigenvalue weighted by Gasteiger charge is 2.62. The molecule has 1 N–H and O–H groups in total. The molecule has 38 heavy (non-hydrogen) atoms. The summed E-state index contributed by atoms with van der Waals surface area (Å²) in [5, 5.41) is 8.46. The van der Waals surface area contributed by atoms with E-state index >= 15 is 0 Å². The van der Waals surface area contributed by atoms with Crippen LogP contribution in [0.15, 0.2) is 35.5 Å². The average Bonchev–Trinajstić information content (AvgIpc) is 3.41. The normalized spacial score (nSPS) is 17.8. The Morgan fingerprint density at radius 1 is 1.13 bits per heavy atom. The van der Waals surface area contributed by atoms with E-state index in [-0.39, 0.29) is 22.8 Å². The molecule has 3 aromatic rings. The molecule has 4 rings (SSSR count). The van der Waals surface area contributed by atoms with Crippen LogP contribution < -0.4 is 5.32 Å². The summed E-state index contributed by atoms with van der Waals surface area (Å²) in [4.78, 5) is 21.2. The maximum atomic E-state index is 14.2. The fourth-order valence-electron chi connectivity index (χ4n) is 3.93. The predicted octanol–water partition coefficient (Wildman–Crippen LogP) is 6.52. The summed E-state index contributed by atoms with van der Waals surface area (Å²) in [7, 11) is 1.24. The van der Waals surface area contributed by atoms with Gasteiger partial charge in [0.25, 0.3) is 11.5 Å². The summed E-state index contributed by atoms with van der Waals surface area (Å²) in [6, 6.07) is 5.63. The Kier molecular flexibility index (Phi) is 6.89. The molecular weight excluding hydrogens is 563 g/mol. The van der Waals surface area contributed by atoms with Crippen LogP contribution in [0.5, 0.6) is 0 Å². The first-order chi connectivity index (χ1) is 17.5. The first-order valence-electron chi connectivity index (χ1n) is 10.7. The van der Waals surface area contributed by atoms with Gasteiger partial charge in [-0.2, -0.15) is 26.9 Å². The van der Waals surface area contributed by atoms with E-state index in [1.807, 2.05) is 0 Å². The SMILES string of the molecule is Cc1cc(C2=NOC(c3cc(Cl)c(F)c(Cl)c3)(C(F)(F)F)C2)ccc1C(=O)Nc1nc(C(C)(F)F)n(C)n1. The largest absolute Gasteiger partial charge is 0.435 e. The third-order valence-electron chi connectivity index (χ3n) is 5.82. The molecule has 0 saturated heterocycles. The summed E-state index contributed by atoms with van der Waals surface area (Å²) in [6.45, 7) is 2.15. The molecule has 1 unspecified atom stereocenters. The zero-order valence-electron chi connectivity index (χ0n) is 19.7. The number of rotatable bonds is 5. The van der Waals surface area contributed by atoms with Gasteiger partial charge in [-0.25, -0.2) is 9.07 Å². The second-order valence-corrected chi connectivity index (χ2v) is 9.45. The minimum absolute atomic E-state index is 0.0877. The number of halogens is 8. The van der Waals surface area contributed by atoms with Crippen molar-refractivity contribution in [2.45, 2.75) is 38.0 Å². The zero-order valence-corrected chi connectivity index (χ0v) is 21.2. The van der Waals surface area contributed by atoms with Crippen molar-refractivity contribution in [1.82, 2.24) is 14.8 Å². The molecular formula is C23H17Cl2F6N5O2. The average molecular weight is 580 g/mol. The molecule has 1 amide bonds. The Hall–Kier alpha value is -3.32. The van der Waals surface area contributed by atoms with Crippen molar-refractivity contribution >= 4 is 40.8 Å². The summed E-state index contributed by atoms with van der Waals surface area (Å²) < 4.78 is 84.5. The van der Waals surface area contributed by atoms with Crippen LogP contribution in [0.25, 0.3) is 0 Å². The van der Waals surface area contributed by atoms with E-state index in [2.05, 4.69) is 20.6 Å². The number of carbonyl (C=O) groups is 1. The quantitative estimate of drug-likeness (QED) is 0.276. The van der Waals surface area contributed by atoms with Gasteiger partial charge in [-0.1, -0.05) is 34.4 Å². The molecule has 0 saturated carbocycles. The van der Waals surface area contributed by atoms with Crippen molar-refractivity contribution in [2.75, 3.05) is 5.32 Å². The minimum Gasteiger partial charge on any atom is -0.374 e. The van der Waals surface area contributed by atoms with Gasteiger partial charge in [-0.3, -0.25) is 10.1 Å². The summed E-state index contributed by atoms with van der Waals surface area (Å²) in [5.74, 6) is -6.09. The lowest BCUT2D eigenvalue weighted by atomic mass is 9.86. The van der Waals surface area contributed by atoms with Crippen LogP contribution in [0.3, 0.4) is 0 Å². The number of nitrogens with zero attached hydrogens (tertiary/aromatic N) is 4. The molecule has 1 aliphatic heterocycles. The number of carbonyl (C=O) groups excluding carboxylic acids is 1. The number of alkyl halides is 5. The smallest absolute Gasteiger partial charge is 0.374 e. The summed E-state index contributed by atoms with van der Waals surface area (Å²) in [6.07, 6.45) is -5.77. The fraction of sp³-hybridized carbons (Fsp3) is 0.304. The second kappa shape index (κ2) is 9.45. The number of nitrogens with one attached hydrogen (secondary N) is 1. The number of hydrogen-bond donors (Lipinski definition) is 1. The molecule has 2 heterocycles. The van der Waals surface area contributed by atoms with Crippen LogP contribution in [0.4, 0.5) is 32.3 Å². The maximum Gasteiger partial charge on any atom is 0.435 e. The molecule has 1 aromatic heterocycles. The number of oxime groups is 1. The highest BCUT2D eigenvalue weighted by Crippen LogP contribution is 2.50. The highest BCUT2D eigenvalue weighted by molar-refractivity contribution is 6.35. The Morgan fingerprint density at radius 2 is 1.76 bits per heavy atom. The number of aromatic nitrogens is 3. The van der Waals surface area contributed by atoms with Gasteiger partial charge < -0.3 is 4.84 Å². The van der Waals surface area contributed by atoms with Crippen LogP contribution in [-0.2, 0) is 23.4 Å². The first-order valence-corrected chi connectivity index (χ1v) is 11.5. The molecule has 202 valence electrons. The van der Waals surface area contributed by atoms with Crippen molar-refractivity contribution < 1.29 is 36.0 Å². The monoisotopic (exact) mass is 579 g/mol. The lowest BCUT2D eigenvalue weighted by Gasteiger charge is -2.29. The van der Waals surface area contributed by atoms with Crippen LogP contribution in [0.1, 0.15) is 46.2 Å². The van der Waals surface area contributed by atoms with Gasteiger partial charge >= 0.3 is 12.1 Å². The molecule has 0 radical (unpaired) electrons. The number of amides is 1. The Morgan fingerprint density at radius 3 is 2.29 bits per heavy atom. The van der Waals surface area contributed by atoms with Gasteiger partial charge in [0.05, 0.1) is 15.8 Å². The number of anilines is 1. The van der Waals surface area contributed by atoms with Gasteiger partial charge in [0.2, 0.25) is 5.95 Å². The lowest BCUT2D eigenvalue weighted by molar-refractivity contribution is -0.275. The van der Waals surface area contributed by atoms with E-state index in [9.17, 15) is 31.1 Å². The molecule has 1 atom stereocenters. The van der Waals surface area contributed by atoms with Gasteiger partial charge in [-0.15, -0.1) is 5.10 Å². The topological polar surface area (TPSA) is 81.4 Å². The van der Waals surface area contributed by atoms with Crippen molar-refractivity contribution in [3.63, 3.8) is 0 Å². The third-order valence-corrected chi connectivity index (χ3v) is 6.37. The van der Waals surface area contributed by atoms with Crippen LogP contribution in [0.2, 0.25) is 10.0 Å². The van der Waals surface area contributed by atoms with Crippen molar-refractivity contribution in [2.24, 2.45) is 12.2 Å². The number of hydrogen-bond acceptors (Lipinski definition) is 5. The molecule has 1 aliphatic rings. The Balaban J connectivity index is 1.59. The van der Waals surface area contributed by atoms with Crippen molar-refractivity contribution in [3.8, 4) is 0 Å². The van der Waals surface area contributed by atoms with E-state index in [1.165, 1.54) is 32.2 Å². The number of aryl methyl sites for hydroxylation is 2. The van der Waals surface area contributed by atoms with Crippen LogP contribution in [-0.4, -0.2) is 32.6 Å². The van der Waals surface area contributed by atoms with E-state index in [4.69, 9.17) is 28.0 Å². The number of benzene rings is 2. The lowest BCUT2D eigenvalue weighted by Crippen LogP contribution is -2.42. The standard InChI is InChI=1S/C23H17Cl2F6N5O2/c1-10-6-11(4-5-13(10)18(37)32-20-33-19(21(2,27)28)36(3)34-20)16-9-22(38-35-16,23(29,30)31)12-7-14(24)17(26)15(25)8-12/h4-8H,9H2,1-3H3,(H,32,34,37). The second-order valence-electron chi connectivity index (χ2n) is 8.64. The van der Waals surface area contributed by atoms with Crippen LogP contribution in [0, 0.1) is 12.7 Å². The van der Waals surface area contributed by atoms with E-state index < -0.39 is 57.3 Å². The van der Waals surface area contributed by atoms with Crippen LogP contribution >= 0.6 is 23.2 Å². The molecule has 0 spiro atoms. The molecule has 0 aliphatic carbocycles. The fourth-order valence-corrected chi connectivity index (χ4v) is 4.42. The van der Waals surface area contributed by atoms with Gasteiger partial charge in [0, 0.05) is 31.5 Å². The Bertz CT molecular complexity index is 1440. The van der Waals surface area contributed by atoms with Gasteiger partial charge in [-0.05, 0) is 42.3 Å². The van der Waals surface area contributed by atoms with Crippen molar-refractivity contribution in [1.29, 1.82) is 0 Å². The molecule has 0 bridgehead atoms. The molecule has 0 fully saturated rings. The summed E-state index contributed by atoms with van der Waals surface area (Å²) >= 11 is 11.4.